The van der Waals surface area contributed by atoms with Crippen molar-refractivity contribution in [3.8, 4) is 6.07 Å². The molecule has 5 heteroatoms. The number of nitrogens with zero attached hydrogens (tertiary/aromatic N) is 4. The van der Waals surface area contributed by atoms with Crippen molar-refractivity contribution >= 4 is 28.7 Å². The minimum Gasteiger partial charge on any atom is -0.293 e. The molecule has 2 aliphatic heterocycles. The lowest BCUT2D eigenvalue weighted by Crippen LogP contribution is -2.50. The summed E-state index contributed by atoms with van der Waals surface area (Å²) in [5, 5.41) is 9.22. The van der Waals surface area contributed by atoms with E-state index in [9.17, 15) is 5.26 Å². The van der Waals surface area contributed by atoms with Gasteiger partial charge in [0.25, 0.3) is 0 Å². The van der Waals surface area contributed by atoms with Crippen LogP contribution in [0, 0.1) is 16.7 Å². The lowest BCUT2D eigenvalue weighted by Gasteiger charge is -2.41. The molecule has 2 heterocycles. The van der Waals surface area contributed by atoms with Crippen LogP contribution in [0.15, 0.2) is 29.3 Å². The van der Waals surface area contributed by atoms with Gasteiger partial charge in [-0.1, -0.05) is 31.5 Å². The smallest absolute Gasteiger partial charge is 0.127 e. The number of nitriles is 1. The largest absolute Gasteiger partial charge is 0.293 e. The molecule has 0 aromatic heterocycles. The highest BCUT2D eigenvalue weighted by Gasteiger charge is 2.57. The molecule has 1 atom stereocenters. The summed E-state index contributed by atoms with van der Waals surface area (Å²) in [7, 11) is 0. The van der Waals surface area contributed by atoms with Gasteiger partial charge in [0.05, 0.1) is 28.2 Å². The topological polar surface area (TPSA) is 42.6 Å². The van der Waals surface area contributed by atoms with E-state index >= 15 is 0 Å². The number of aliphatic imine (C=N–C) groups is 1. The zero-order valence-corrected chi connectivity index (χ0v) is 18.8. The molecule has 154 valence electrons. The lowest BCUT2D eigenvalue weighted by molar-refractivity contribution is 0.154. The second-order valence-corrected chi connectivity index (χ2v) is 10.2. The Morgan fingerprint density at radius 2 is 1.66 bits per heavy atom. The monoisotopic (exact) mass is 408 g/mol. The highest BCUT2D eigenvalue weighted by molar-refractivity contribution is 7.80. The maximum atomic E-state index is 9.22. The Bertz CT molecular complexity index is 831. The van der Waals surface area contributed by atoms with Gasteiger partial charge < -0.3 is 0 Å². The summed E-state index contributed by atoms with van der Waals surface area (Å²) in [6.07, 6.45) is 8.63. The van der Waals surface area contributed by atoms with Crippen molar-refractivity contribution in [1.82, 2.24) is 4.90 Å². The van der Waals surface area contributed by atoms with Crippen molar-refractivity contribution in [3.05, 3.63) is 29.8 Å². The number of benzene rings is 1. The number of thiocarbonyl (C=S) groups is 1. The molecule has 1 unspecified atom stereocenters. The van der Waals surface area contributed by atoms with Crippen molar-refractivity contribution < 1.29 is 0 Å². The Morgan fingerprint density at radius 1 is 1.03 bits per heavy atom. The van der Waals surface area contributed by atoms with Gasteiger partial charge in [-0.15, -0.1) is 0 Å². The number of hydrogen-bond donors (Lipinski definition) is 0. The van der Waals surface area contributed by atoms with Crippen molar-refractivity contribution in [2.45, 2.75) is 77.3 Å². The first kappa shape index (κ1) is 20.5. The van der Waals surface area contributed by atoms with Crippen molar-refractivity contribution in [3.63, 3.8) is 0 Å². The molecule has 4 nitrogen and oxygen atoms in total. The van der Waals surface area contributed by atoms with Gasteiger partial charge in [0.15, 0.2) is 0 Å². The van der Waals surface area contributed by atoms with Crippen LogP contribution in [0.2, 0.25) is 0 Å². The van der Waals surface area contributed by atoms with Gasteiger partial charge >= 0.3 is 0 Å². The van der Waals surface area contributed by atoms with Gasteiger partial charge in [0.2, 0.25) is 0 Å². The number of amidine groups is 1. The molecule has 1 aromatic carbocycles. The Balaban J connectivity index is 1.87. The summed E-state index contributed by atoms with van der Waals surface area (Å²) in [6.45, 7) is 8.80. The van der Waals surface area contributed by atoms with E-state index in [0.29, 0.717) is 5.56 Å². The number of hydrogen-bond acceptors (Lipinski definition) is 4. The van der Waals surface area contributed by atoms with Crippen LogP contribution in [0.4, 0.5) is 5.69 Å². The van der Waals surface area contributed by atoms with E-state index in [1.807, 2.05) is 24.3 Å². The fourth-order valence-corrected chi connectivity index (χ4v) is 5.90. The molecular weight excluding hydrogens is 376 g/mol. The van der Waals surface area contributed by atoms with Crippen LogP contribution in [-0.4, -0.2) is 40.4 Å². The Kier molecular flexibility index (Phi) is 5.52. The lowest BCUT2D eigenvalue weighted by atomic mass is 9.70. The zero-order chi connectivity index (χ0) is 20.6. The molecule has 0 bridgehead atoms. The van der Waals surface area contributed by atoms with Crippen LogP contribution in [-0.2, 0) is 0 Å². The van der Waals surface area contributed by atoms with E-state index in [0.717, 1.165) is 42.4 Å². The molecular formula is C24H32N4S. The highest BCUT2D eigenvalue weighted by atomic mass is 32.1. The molecule has 1 aromatic rings. The molecule has 0 radical (unpaired) electrons. The second kappa shape index (κ2) is 7.81. The van der Waals surface area contributed by atoms with Crippen LogP contribution >= 0.6 is 12.2 Å². The van der Waals surface area contributed by atoms with E-state index in [1.165, 1.54) is 32.1 Å². The first-order valence-corrected chi connectivity index (χ1v) is 11.5. The molecule has 2 saturated heterocycles. The average Bonchev–Trinajstić information content (AvgIpc) is 3.28. The van der Waals surface area contributed by atoms with Crippen LogP contribution in [0.1, 0.15) is 71.3 Å². The third-order valence-electron chi connectivity index (χ3n) is 6.58. The van der Waals surface area contributed by atoms with Crippen molar-refractivity contribution in [2.24, 2.45) is 10.4 Å². The Morgan fingerprint density at radius 3 is 2.21 bits per heavy atom. The van der Waals surface area contributed by atoms with Gasteiger partial charge in [0, 0.05) is 11.1 Å². The summed E-state index contributed by atoms with van der Waals surface area (Å²) in [6, 6.07) is 10.3. The van der Waals surface area contributed by atoms with E-state index in [1.54, 1.807) is 0 Å². The van der Waals surface area contributed by atoms with Gasteiger partial charge in [-0.25, -0.2) is 0 Å². The van der Waals surface area contributed by atoms with Crippen molar-refractivity contribution in [1.29, 1.82) is 5.26 Å². The maximum absolute atomic E-state index is 9.22. The zero-order valence-electron chi connectivity index (χ0n) is 17.9. The normalized spacial score (nSPS) is 26.4. The van der Waals surface area contributed by atoms with Crippen molar-refractivity contribution in [2.75, 3.05) is 18.0 Å². The highest BCUT2D eigenvalue weighted by Crippen LogP contribution is 2.50. The summed E-state index contributed by atoms with van der Waals surface area (Å²) >= 11 is 6.25. The maximum Gasteiger partial charge on any atom is 0.127 e. The molecule has 3 aliphatic rings. The van der Waals surface area contributed by atoms with Gasteiger partial charge in [-0.3, -0.25) is 14.8 Å². The molecule has 1 spiro atoms. The third-order valence-corrected chi connectivity index (χ3v) is 7.17. The fraction of sp³-hybridized carbons (Fsp3) is 0.625. The Labute approximate surface area is 180 Å². The second-order valence-electron chi connectivity index (χ2n) is 9.80. The minimum absolute atomic E-state index is 0.00983. The molecule has 1 aliphatic carbocycles. The summed E-state index contributed by atoms with van der Waals surface area (Å²) in [5.41, 5.74) is 1.56. The van der Waals surface area contributed by atoms with E-state index in [-0.39, 0.29) is 17.0 Å². The molecule has 0 N–H and O–H groups in total. The summed E-state index contributed by atoms with van der Waals surface area (Å²) in [4.78, 5) is 11.2. The molecule has 1 saturated carbocycles. The predicted molar refractivity (Wildman–Crippen MR) is 124 cm³/mol. The molecule has 29 heavy (non-hydrogen) atoms. The summed E-state index contributed by atoms with van der Waals surface area (Å²) < 4.78 is 0. The van der Waals surface area contributed by atoms with Gasteiger partial charge in [-0.05, 0) is 83.8 Å². The standard InChI is InChI=1S/C24H32N4S/c1-23(2,3)26-21-20(27-15-7-8-16-27)24(13-5-4-6-14-24)22(29)28(21)19-11-9-18(17-25)10-12-19/h9-12,20H,4-8,13-16H2,1-3H3. The molecule has 4 rings (SSSR count). The Hall–Kier alpha value is -1.77. The van der Waals surface area contributed by atoms with E-state index < -0.39 is 0 Å². The average molecular weight is 409 g/mol. The van der Waals surface area contributed by atoms with Crippen LogP contribution < -0.4 is 4.90 Å². The quantitative estimate of drug-likeness (QED) is 0.621. The fourth-order valence-electron chi connectivity index (χ4n) is 5.38. The first-order valence-electron chi connectivity index (χ1n) is 11.0. The SMILES string of the molecule is CC(C)(C)N=C1C(N2CCCC2)C2(CCCCC2)C(=S)N1c1ccc(C#N)cc1. The minimum atomic E-state index is -0.173. The predicted octanol–water partition coefficient (Wildman–Crippen LogP) is 5.32. The number of anilines is 1. The third kappa shape index (κ3) is 3.73. The van der Waals surface area contributed by atoms with Gasteiger partial charge in [0.1, 0.15) is 5.84 Å². The number of likely N-dealkylation sites (tertiary alicyclic amines) is 1. The van der Waals surface area contributed by atoms with Crippen LogP contribution in [0.25, 0.3) is 0 Å². The van der Waals surface area contributed by atoms with Gasteiger partial charge in [-0.2, -0.15) is 5.26 Å². The molecule has 0 amide bonds. The van der Waals surface area contributed by atoms with E-state index in [2.05, 4.69) is 36.6 Å². The summed E-state index contributed by atoms with van der Waals surface area (Å²) in [5.74, 6) is 1.12. The first-order chi connectivity index (χ1) is 13.9. The van der Waals surface area contributed by atoms with Crippen LogP contribution in [0.5, 0.6) is 0 Å². The van der Waals surface area contributed by atoms with Crippen LogP contribution in [0.3, 0.4) is 0 Å². The number of rotatable bonds is 2. The molecule has 3 fully saturated rings. The van der Waals surface area contributed by atoms with E-state index in [4.69, 9.17) is 17.2 Å².